The fourth-order valence-electron chi connectivity index (χ4n) is 2.02. The van der Waals surface area contributed by atoms with Crippen LogP contribution in [0.2, 0.25) is 0 Å². The highest BCUT2D eigenvalue weighted by atomic mass is 79.9. The summed E-state index contributed by atoms with van der Waals surface area (Å²) in [6.07, 6.45) is 1.81. The number of thiazole rings is 1. The summed E-state index contributed by atoms with van der Waals surface area (Å²) in [5.41, 5.74) is 2.94. The van der Waals surface area contributed by atoms with E-state index in [1.807, 2.05) is 35.7 Å². The molecule has 2 N–H and O–H groups in total. The fourth-order valence-corrected chi connectivity index (χ4v) is 3.07. The molecule has 0 atom stereocenters. The Bertz CT molecular complexity index is 744. The zero-order chi connectivity index (χ0) is 14.7. The molecule has 3 nitrogen and oxygen atoms in total. The summed E-state index contributed by atoms with van der Waals surface area (Å²) in [6, 6.07) is 13.5. The van der Waals surface area contributed by atoms with Gasteiger partial charge >= 0.3 is 0 Å². The molecule has 0 saturated heterocycles. The molecule has 21 heavy (non-hydrogen) atoms. The van der Waals surface area contributed by atoms with Crippen LogP contribution in [-0.2, 0) is 6.54 Å². The van der Waals surface area contributed by atoms with E-state index < -0.39 is 0 Å². The average molecular weight is 361 g/mol. The lowest BCUT2D eigenvalue weighted by Crippen LogP contribution is -1.99. The molecule has 0 aliphatic rings. The third-order valence-electron chi connectivity index (χ3n) is 3.07. The molecule has 0 aliphatic heterocycles. The van der Waals surface area contributed by atoms with Gasteiger partial charge < -0.3 is 10.4 Å². The molecule has 1 aromatic heterocycles. The van der Waals surface area contributed by atoms with E-state index in [-0.39, 0.29) is 0 Å². The minimum Gasteiger partial charge on any atom is -0.508 e. The van der Waals surface area contributed by atoms with E-state index in [0.29, 0.717) is 12.3 Å². The van der Waals surface area contributed by atoms with Crippen LogP contribution in [0.1, 0.15) is 5.56 Å². The van der Waals surface area contributed by atoms with Crippen molar-refractivity contribution in [3.8, 4) is 16.3 Å². The number of nitrogens with one attached hydrogen (secondary N) is 1. The predicted octanol–water partition coefficient (Wildman–Crippen LogP) is 4.89. The second kappa shape index (κ2) is 6.28. The summed E-state index contributed by atoms with van der Waals surface area (Å²) in [4.78, 5) is 4.32. The molecule has 0 unspecified atom stereocenters. The van der Waals surface area contributed by atoms with Gasteiger partial charge in [0, 0.05) is 39.4 Å². The molecule has 0 amide bonds. The van der Waals surface area contributed by atoms with Crippen LogP contribution in [0.15, 0.2) is 58.5 Å². The number of halogens is 1. The summed E-state index contributed by atoms with van der Waals surface area (Å²) >= 11 is 5.03. The van der Waals surface area contributed by atoms with Crippen molar-refractivity contribution in [1.29, 1.82) is 0 Å². The number of nitrogens with zero attached hydrogens (tertiary/aromatic N) is 1. The summed E-state index contributed by atoms with van der Waals surface area (Å²) in [5, 5.41) is 16.1. The second-order valence-corrected chi connectivity index (χ2v) is 6.35. The van der Waals surface area contributed by atoms with Gasteiger partial charge in [0.15, 0.2) is 0 Å². The van der Waals surface area contributed by atoms with Crippen LogP contribution in [0.25, 0.3) is 10.6 Å². The quantitative estimate of drug-likeness (QED) is 0.695. The molecule has 3 aromatic rings. The Balaban J connectivity index is 1.76. The van der Waals surface area contributed by atoms with Gasteiger partial charge in [-0.15, -0.1) is 11.3 Å². The highest BCUT2D eigenvalue weighted by Crippen LogP contribution is 2.26. The lowest BCUT2D eigenvalue weighted by Gasteiger charge is -2.09. The first kappa shape index (κ1) is 14.1. The Morgan fingerprint density at radius 2 is 2.10 bits per heavy atom. The maximum Gasteiger partial charge on any atom is 0.123 e. The standard InChI is InChI=1S/C16H13BrN2OS/c17-13-4-5-15(20)12(8-13)10-19-14-3-1-2-11(9-14)16-18-6-7-21-16/h1-9,19-20H,10H2. The number of hydrogen-bond acceptors (Lipinski definition) is 4. The lowest BCUT2D eigenvalue weighted by atomic mass is 10.1. The molecule has 5 heteroatoms. The van der Waals surface area contributed by atoms with Gasteiger partial charge in [0.05, 0.1) is 0 Å². The van der Waals surface area contributed by atoms with Crippen LogP contribution in [0.3, 0.4) is 0 Å². The van der Waals surface area contributed by atoms with Gasteiger partial charge in [-0.05, 0) is 30.3 Å². The van der Waals surface area contributed by atoms with E-state index in [1.165, 1.54) is 0 Å². The van der Waals surface area contributed by atoms with Crippen molar-refractivity contribution in [2.24, 2.45) is 0 Å². The van der Waals surface area contributed by atoms with Crippen molar-refractivity contribution >= 4 is 33.0 Å². The number of hydrogen-bond donors (Lipinski definition) is 2. The Labute approximate surface area is 135 Å². The predicted molar refractivity (Wildman–Crippen MR) is 90.7 cm³/mol. The highest BCUT2D eigenvalue weighted by Gasteiger charge is 2.04. The summed E-state index contributed by atoms with van der Waals surface area (Å²) in [7, 11) is 0. The third-order valence-corrected chi connectivity index (χ3v) is 4.38. The zero-order valence-electron chi connectivity index (χ0n) is 11.1. The Morgan fingerprint density at radius 1 is 1.19 bits per heavy atom. The molecule has 106 valence electrons. The van der Waals surface area contributed by atoms with E-state index in [0.717, 1.165) is 26.3 Å². The topological polar surface area (TPSA) is 45.1 Å². The van der Waals surface area contributed by atoms with Gasteiger partial charge in [0.1, 0.15) is 10.8 Å². The number of aromatic nitrogens is 1. The largest absolute Gasteiger partial charge is 0.508 e. The van der Waals surface area contributed by atoms with Gasteiger partial charge in [-0.1, -0.05) is 28.1 Å². The molecule has 0 saturated carbocycles. The van der Waals surface area contributed by atoms with Gasteiger partial charge in [-0.25, -0.2) is 4.98 Å². The van der Waals surface area contributed by atoms with Crippen molar-refractivity contribution in [1.82, 2.24) is 4.98 Å². The molecule has 1 heterocycles. The van der Waals surface area contributed by atoms with Crippen molar-refractivity contribution in [2.75, 3.05) is 5.32 Å². The van der Waals surface area contributed by atoms with E-state index in [2.05, 4.69) is 32.3 Å². The first-order valence-electron chi connectivity index (χ1n) is 6.43. The molecular weight excluding hydrogens is 348 g/mol. The maximum atomic E-state index is 9.85. The molecule has 0 radical (unpaired) electrons. The summed E-state index contributed by atoms with van der Waals surface area (Å²) < 4.78 is 0.952. The monoisotopic (exact) mass is 360 g/mol. The number of anilines is 1. The SMILES string of the molecule is Oc1ccc(Br)cc1CNc1cccc(-c2nccs2)c1. The normalized spacial score (nSPS) is 10.5. The molecule has 3 rings (SSSR count). The molecule has 0 bridgehead atoms. The number of rotatable bonds is 4. The molecule has 0 aliphatic carbocycles. The van der Waals surface area contributed by atoms with Crippen LogP contribution >= 0.6 is 27.3 Å². The summed E-state index contributed by atoms with van der Waals surface area (Å²) in [6.45, 7) is 0.562. The minimum atomic E-state index is 0.293. The van der Waals surface area contributed by atoms with Crippen LogP contribution in [-0.4, -0.2) is 10.1 Å². The van der Waals surface area contributed by atoms with Crippen molar-refractivity contribution < 1.29 is 5.11 Å². The van der Waals surface area contributed by atoms with E-state index in [4.69, 9.17) is 0 Å². The van der Waals surface area contributed by atoms with Crippen molar-refractivity contribution in [2.45, 2.75) is 6.54 Å². The lowest BCUT2D eigenvalue weighted by molar-refractivity contribution is 0.469. The highest BCUT2D eigenvalue weighted by molar-refractivity contribution is 9.10. The first-order valence-corrected chi connectivity index (χ1v) is 8.11. The van der Waals surface area contributed by atoms with Crippen LogP contribution < -0.4 is 5.32 Å². The third kappa shape index (κ3) is 3.43. The fraction of sp³-hybridized carbons (Fsp3) is 0.0625. The van der Waals surface area contributed by atoms with E-state index in [1.54, 1.807) is 23.6 Å². The number of benzene rings is 2. The van der Waals surface area contributed by atoms with Crippen LogP contribution in [0.5, 0.6) is 5.75 Å². The van der Waals surface area contributed by atoms with Gasteiger partial charge in [-0.3, -0.25) is 0 Å². The Hall–Kier alpha value is -1.85. The van der Waals surface area contributed by atoms with Crippen LogP contribution in [0.4, 0.5) is 5.69 Å². The van der Waals surface area contributed by atoms with Gasteiger partial charge in [0.25, 0.3) is 0 Å². The van der Waals surface area contributed by atoms with Crippen LogP contribution in [0, 0.1) is 0 Å². The van der Waals surface area contributed by atoms with Crippen molar-refractivity contribution in [3.63, 3.8) is 0 Å². The number of phenols is 1. The van der Waals surface area contributed by atoms with Gasteiger partial charge in [0.2, 0.25) is 0 Å². The maximum absolute atomic E-state index is 9.85. The Kier molecular flexibility index (Phi) is 4.22. The van der Waals surface area contributed by atoms with E-state index >= 15 is 0 Å². The molecule has 0 spiro atoms. The molecule has 0 fully saturated rings. The minimum absolute atomic E-state index is 0.293. The second-order valence-electron chi connectivity index (χ2n) is 4.54. The number of phenolic OH excluding ortho intramolecular Hbond substituents is 1. The molecule has 2 aromatic carbocycles. The van der Waals surface area contributed by atoms with E-state index in [9.17, 15) is 5.11 Å². The first-order chi connectivity index (χ1) is 10.2. The zero-order valence-corrected chi connectivity index (χ0v) is 13.5. The van der Waals surface area contributed by atoms with Crippen molar-refractivity contribution in [3.05, 3.63) is 64.1 Å². The Morgan fingerprint density at radius 3 is 2.90 bits per heavy atom. The molecular formula is C16H13BrN2OS. The van der Waals surface area contributed by atoms with Gasteiger partial charge in [-0.2, -0.15) is 0 Å². The smallest absolute Gasteiger partial charge is 0.123 e. The average Bonchev–Trinajstić information content (AvgIpc) is 3.03. The number of aromatic hydroxyl groups is 1. The summed E-state index contributed by atoms with van der Waals surface area (Å²) in [5.74, 6) is 0.293.